The number of rotatable bonds is 8. The minimum absolute atomic E-state index is 0.121. The number of ether oxygens (including phenoxy) is 1. The van der Waals surface area contributed by atoms with Crippen LogP contribution in [-0.4, -0.2) is 76.3 Å². The van der Waals surface area contributed by atoms with Crippen LogP contribution in [0.1, 0.15) is 6.42 Å². The van der Waals surface area contributed by atoms with Crippen molar-refractivity contribution in [1.29, 1.82) is 0 Å². The number of benzene rings is 2. The van der Waals surface area contributed by atoms with Gasteiger partial charge in [-0.05, 0) is 18.2 Å². The van der Waals surface area contributed by atoms with Crippen molar-refractivity contribution in [2.45, 2.75) is 11.7 Å². The zero-order chi connectivity index (χ0) is 24.8. The Balaban J connectivity index is 1.47. The van der Waals surface area contributed by atoms with E-state index in [1.165, 1.54) is 30.0 Å². The third kappa shape index (κ3) is 6.57. The minimum Gasteiger partial charge on any atom is -0.379 e. The van der Waals surface area contributed by atoms with Crippen molar-refractivity contribution >= 4 is 57.4 Å². The standard InChI is InChI=1S/C23H24ClN5O5S/c24-18-7-6-17(29(32)33)14-19(18)26-21(30)15-20-22(31)28(9-8-27-10-12-34-13-11-27)23(35-20)25-16-4-2-1-3-5-16/h1-7,14,20H,8-13,15H2,(H,26,30)/t20-/m0/s1. The third-order valence-corrected chi connectivity index (χ3v) is 7.06. The third-order valence-electron chi connectivity index (χ3n) is 5.55. The van der Waals surface area contributed by atoms with Gasteiger partial charge >= 0.3 is 0 Å². The van der Waals surface area contributed by atoms with Crippen LogP contribution in [0.5, 0.6) is 0 Å². The molecular weight excluding hydrogens is 494 g/mol. The van der Waals surface area contributed by atoms with Crippen LogP contribution in [0.4, 0.5) is 17.1 Å². The summed E-state index contributed by atoms with van der Waals surface area (Å²) in [6, 6.07) is 13.1. The molecule has 0 aliphatic carbocycles. The Labute approximate surface area is 211 Å². The van der Waals surface area contributed by atoms with Gasteiger partial charge in [0.15, 0.2) is 5.17 Å². The van der Waals surface area contributed by atoms with Crippen molar-refractivity contribution in [3.8, 4) is 0 Å². The number of aliphatic imine (C=N–C) groups is 1. The van der Waals surface area contributed by atoms with Crippen molar-refractivity contribution in [2.24, 2.45) is 4.99 Å². The molecule has 12 heteroatoms. The first-order chi connectivity index (χ1) is 16.9. The second-order valence-corrected chi connectivity index (χ2v) is 9.53. The van der Waals surface area contributed by atoms with Crippen molar-refractivity contribution in [3.63, 3.8) is 0 Å². The van der Waals surface area contributed by atoms with E-state index in [1.54, 1.807) is 4.90 Å². The number of hydrogen-bond acceptors (Lipinski definition) is 8. The summed E-state index contributed by atoms with van der Waals surface area (Å²) in [6.45, 7) is 4.05. The quantitative estimate of drug-likeness (QED) is 0.420. The number of anilines is 1. The molecule has 0 unspecified atom stereocenters. The molecule has 1 atom stereocenters. The van der Waals surface area contributed by atoms with Crippen LogP contribution in [0.2, 0.25) is 5.02 Å². The lowest BCUT2D eigenvalue weighted by Gasteiger charge is -2.28. The summed E-state index contributed by atoms with van der Waals surface area (Å²) in [6.07, 6.45) is -0.121. The SMILES string of the molecule is O=C(C[C@@H]1SC(=Nc2ccccc2)N(CCN2CCOCC2)C1=O)Nc1cc([N+](=O)[O-])ccc1Cl. The van der Waals surface area contributed by atoms with Gasteiger partial charge in [-0.1, -0.05) is 41.6 Å². The fourth-order valence-corrected chi connectivity index (χ4v) is 5.05. The Morgan fingerprint density at radius 1 is 1.20 bits per heavy atom. The Morgan fingerprint density at radius 3 is 2.66 bits per heavy atom. The molecule has 2 aromatic rings. The summed E-state index contributed by atoms with van der Waals surface area (Å²) in [7, 11) is 0. The summed E-state index contributed by atoms with van der Waals surface area (Å²) >= 11 is 7.33. The zero-order valence-corrected chi connectivity index (χ0v) is 20.3. The highest BCUT2D eigenvalue weighted by molar-refractivity contribution is 8.15. The Hall–Kier alpha value is -2.99. The average molecular weight is 518 g/mol. The number of nitrogens with zero attached hydrogens (tertiary/aromatic N) is 4. The molecule has 0 saturated carbocycles. The number of para-hydroxylation sites is 1. The first-order valence-corrected chi connectivity index (χ1v) is 12.3. The lowest BCUT2D eigenvalue weighted by Crippen LogP contribution is -2.43. The number of amides is 2. The molecule has 1 N–H and O–H groups in total. The Kier molecular flexibility index (Phi) is 8.34. The number of nitro groups is 1. The molecule has 184 valence electrons. The molecule has 0 spiro atoms. The summed E-state index contributed by atoms with van der Waals surface area (Å²) in [5.74, 6) is -0.662. The van der Waals surface area contributed by atoms with Gasteiger partial charge in [-0.25, -0.2) is 4.99 Å². The predicted molar refractivity (Wildman–Crippen MR) is 135 cm³/mol. The summed E-state index contributed by atoms with van der Waals surface area (Å²) in [5, 5.41) is 13.7. The molecular formula is C23H24ClN5O5S. The number of thioether (sulfide) groups is 1. The van der Waals surface area contributed by atoms with E-state index >= 15 is 0 Å². The maximum Gasteiger partial charge on any atom is 0.271 e. The monoisotopic (exact) mass is 517 g/mol. The molecule has 2 heterocycles. The summed E-state index contributed by atoms with van der Waals surface area (Å²) < 4.78 is 5.39. The molecule has 10 nitrogen and oxygen atoms in total. The number of amidine groups is 1. The largest absolute Gasteiger partial charge is 0.379 e. The van der Waals surface area contributed by atoms with E-state index in [0.717, 1.165) is 13.1 Å². The molecule has 2 aromatic carbocycles. The van der Waals surface area contributed by atoms with Gasteiger partial charge in [0.2, 0.25) is 11.8 Å². The first kappa shape index (κ1) is 25.1. The van der Waals surface area contributed by atoms with Crippen LogP contribution in [-0.2, 0) is 14.3 Å². The second-order valence-electron chi connectivity index (χ2n) is 7.95. The van der Waals surface area contributed by atoms with Gasteiger partial charge in [-0.15, -0.1) is 0 Å². The van der Waals surface area contributed by atoms with E-state index in [4.69, 9.17) is 16.3 Å². The van der Waals surface area contributed by atoms with E-state index in [-0.39, 0.29) is 28.7 Å². The number of nitro benzene ring substituents is 1. The Morgan fingerprint density at radius 2 is 1.94 bits per heavy atom. The molecule has 2 amide bonds. The fourth-order valence-electron chi connectivity index (χ4n) is 3.70. The van der Waals surface area contributed by atoms with Gasteiger partial charge in [0.05, 0.1) is 34.5 Å². The predicted octanol–water partition coefficient (Wildman–Crippen LogP) is 3.54. The first-order valence-electron chi connectivity index (χ1n) is 11.1. The summed E-state index contributed by atoms with van der Waals surface area (Å²) in [4.78, 5) is 45.0. The molecule has 2 aliphatic rings. The molecule has 0 bridgehead atoms. The molecule has 0 radical (unpaired) electrons. The van der Waals surface area contributed by atoms with Crippen LogP contribution in [0.25, 0.3) is 0 Å². The number of non-ortho nitro benzene ring substituents is 1. The number of halogens is 1. The van der Waals surface area contributed by atoms with E-state index < -0.39 is 16.1 Å². The van der Waals surface area contributed by atoms with E-state index in [2.05, 4.69) is 15.2 Å². The molecule has 35 heavy (non-hydrogen) atoms. The highest BCUT2D eigenvalue weighted by Gasteiger charge is 2.39. The van der Waals surface area contributed by atoms with E-state index in [1.807, 2.05) is 30.3 Å². The fraction of sp³-hybridized carbons (Fsp3) is 0.348. The van der Waals surface area contributed by atoms with Gasteiger partial charge in [-0.2, -0.15) is 0 Å². The van der Waals surface area contributed by atoms with Crippen molar-refractivity contribution in [1.82, 2.24) is 9.80 Å². The topological polar surface area (TPSA) is 117 Å². The Bertz CT molecular complexity index is 1130. The highest BCUT2D eigenvalue weighted by Crippen LogP contribution is 2.33. The molecule has 0 aromatic heterocycles. The molecule has 2 fully saturated rings. The maximum absolute atomic E-state index is 13.3. The molecule has 2 aliphatic heterocycles. The van der Waals surface area contributed by atoms with Crippen LogP contribution in [0, 0.1) is 10.1 Å². The second kappa shape index (κ2) is 11.6. The molecule has 4 rings (SSSR count). The minimum atomic E-state index is -0.667. The maximum atomic E-state index is 13.3. The van der Waals surface area contributed by atoms with Crippen LogP contribution in [0.3, 0.4) is 0 Å². The summed E-state index contributed by atoms with van der Waals surface area (Å²) in [5.41, 5.74) is 0.652. The van der Waals surface area contributed by atoms with Crippen molar-refractivity contribution in [2.75, 3.05) is 44.7 Å². The van der Waals surface area contributed by atoms with E-state index in [0.29, 0.717) is 37.2 Å². The number of morpholine rings is 1. The van der Waals surface area contributed by atoms with Crippen LogP contribution >= 0.6 is 23.4 Å². The lowest BCUT2D eigenvalue weighted by molar-refractivity contribution is -0.384. The van der Waals surface area contributed by atoms with Gasteiger partial charge in [-0.3, -0.25) is 29.5 Å². The van der Waals surface area contributed by atoms with Gasteiger partial charge < -0.3 is 10.1 Å². The van der Waals surface area contributed by atoms with Gasteiger partial charge in [0, 0.05) is 44.7 Å². The highest BCUT2D eigenvalue weighted by atomic mass is 35.5. The van der Waals surface area contributed by atoms with Crippen molar-refractivity contribution < 1.29 is 19.2 Å². The van der Waals surface area contributed by atoms with Gasteiger partial charge in [0.1, 0.15) is 5.25 Å². The lowest BCUT2D eigenvalue weighted by atomic mass is 10.2. The number of nitrogens with one attached hydrogen (secondary N) is 1. The van der Waals surface area contributed by atoms with Crippen LogP contribution < -0.4 is 5.32 Å². The van der Waals surface area contributed by atoms with E-state index in [9.17, 15) is 19.7 Å². The normalized spacial score (nSPS) is 19.8. The molecule has 2 saturated heterocycles. The van der Waals surface area contributed by atoms with Crippen molar-refractivity contribution in [3.05, 3.63) is 63.7 Å². The number of carbonyl (C=O) groups is 2. The zero-order valence-electron chi connectivity index (χ0n) is 18.8. The smallest absolute Gasteiger partial charge is 0.271 e. The van der Waals surface area contributed by atoms with Crippen LogP contribution in [0.15, 0.2) is 53.5 Å². The van der Waals surface area contributed by atoms with Gasteiger partial charge in [0.25, 0.3) is 5.69 Å². The number of carbonyl (C=O) groups excluding carboxylic acids is 2. The number of hydrogen-bond donors (Lipinski definition) is 1. The average Bonchev–Trinajstić information content (AvgIpc) is 3.13.